The highest BCUT2D eigenvalue weighted by atomic mass is 35.5. The molecule has 4 nitrogen and oxygen atoms in total. The molecule has 0 spiro atoms. The van der Waals surface area contributed by atoms with Gasteiger partial charge in [-0.3, -0.25) is 0 Å². The minimum atomic E-state index is 0.388. The van der Waals surface area contributed by atoms with Gasteiger partial charge in [0.2, 0.25) is 0 Å². The predicted molar refractivity (Wildman–Crippen MR) is 61.0 cm³/mol. The van der Waals surface area contributed by atoms with Gasteiger partial charge in [0.25, 0.3) is 0 Å². The summed E-state index contributed by atoms with van der Waals surface area (Å²) in [5, 5.41) is 12.2. The largest absolute Gasteiger partial charge is 0.368 e. The minimum Gasteiger partial charge on any atom is -0.368 e. The average molecular weight is 225 g/mol. The van der Waals surface area contributed by atoms with Crippen molar-refractivity contribution in [3.05, 3.63) is 22.8 Å². The van der Waals surface area contributed by atoms with Crippen LogP contribution < -0.4 is 5.32 Å². The normalized spacial score (nSPS) is 10.1. The Balaban J connectivity index is 2.66. The van der Waals surface area contributed by atoms with Gasteiger partial charge in [-0.05, 0) is 20.2 Å². The molecular weight excluding hydrogens is 212 g/mol. The molecule has 1 heterocycles. The van der Waals surface area contributed by atoms with Crippen LogP contribution in [0.25, 0.3) is 0 Å². The van der Waals surface area contributed by atoms with E-state index in [2.05, 4.69) is 15.2 Å². The summed E-state index contributed by atoms with van der Waals surface area (Å²) in [6.45, 7) is 1.63. The third-order valence-electron chi connectivity index (χ3n) is 1.86. The Hall–Kier alpha value is -1.31. The first-order valence-corrected chi connectivity index (χ1v) is 4.96. The molecule has 0 aliphatic rings. The summed E-state index contributed by atoms with van der Waals surface area (Å²) in [6.07, 6.45) is 1.57. The van der Waals surface area contributed by atoms with E-state index in [1.165, 1.54) is 0 Å². The van der Waals surface area contributed by atoms with Crippen LogP contribution in [0.3, 0.4) is 0 Å². The number of likely N-dealkylation sites (N-methyl/N-ethyl adjacent to an activating group) is 1. The smallest absolute Gasteiger partial charge is 0.146 e. The van der Waals surface area contributed by atoms with Gasteiger partial charge in [0.1, 0.15) is 16.9 Å². The van der Waals surface area contributed by atoms with Crippen LogP contribution in [0.5, 0.6) is 0 Å². The SMILES string of the molecule is CN(C)CCNc1nccc(C#N)c1Cl. The van der Waals surface area contributed by atoms with Crippen molar-refractivity contribution >= 4 is 17.4 Å². The summed E-state index contributed by atoms with van der Waals surface area (Å²) < 4.78 is 0. The van der Waals surface area contributed by atoms with E-state index < -0.39 is 0 Å². The van der Waals surface area contributed by atoms with Gasteiger partial charge in [0.15, 0.2) is 0 Å². The number of anilines is 1. The Morgan fingerprint density at radius 3 is 2.93 bits per heavy atom. The van der Waals surface area contributed by atoms with Crippen LogP contribution in [0.1, 0.15) is 5.56 Å². The third-order valence-corrected chi connectivity index (χ3v) is 2.24. The van der Waals surface area contributed by atoms with Crippen LogP contribution in [-0.2, 0) is 0 Å². The number of nitrogens with zero attached hydrogens (tertiary/aromatic N) is 3. The number of halogens is 1. The average Bonchev–Trinajstić information content (AvgIpc) is 2.20. The van der Waals surface area contributed by atoms with Crippen LogP contribution in [0.15, 0.2) is 12.3 Å². The van der Waals surface area contributed by atoms with Crippen molar-refractivity contribution in [3.63, 3.8) is 0 Å². The summed E-state index contributed by atoms with van der Waals surface area (Å²) in [5.74, 6) is 0.567. The standard InChI is InChI=1S/C10H13ClN4/c1-15(2)6-5-14-10-9(11)8(7-12)3-4-13-10/h3-4H,5-6H2,1-2H3,(H,13,14). The molecule has 0 aliphatic carbocycles. The Bertz CT molecular complexity index is 370. The van der Waals surface area contributed by atoms with Gasteiger partial charge in [-0.25, -0.2) is 4.98 Å². The number of hydrogen-bond acceptors (Lipinski definition) is 4. The lowest BCUT2D eigenvalue weighted by Crippen LogP contribution is -2.21. The first-order chi connectivity index (χ1) is 7.15. The molecule has 1 aromatic rings. The van der Waals surface area contributed by atoms with Crippen molar-refractivity contribution in [1.82, 2.24) is 9.88 Å². The van der Waals surface area contributed by atoms with Gasteiger partial charge in [0, 0.05) is 19.3 Å². The number of rotatable bonds is 4. The van der Waals surface area contributed by atoms with Crippen molar-refractivity contribution in [3.8, 4) is 6.07 Å². The summed E-state index contributed by atoms with van der Waals surface area (Å²) in [7, 11) is 3.98. The second kappa shape index (κ2) is 5.54. The molecule has 0 radical (unpaired) electrons. The summed E-state index contributed by atoms with van der Waals surface area (Å²) in [5.41, 5.74) is 0.444. The first kappa shape index (κ1) is 11.8. The van der Waals surface area contributed by atoms with Crippen molar-refractivity contribution in [2.45, 2.75) is 0 Å². The first-order valence-electron chi connectivity index (χ1n) is 4.58. The fraction of sp³-hybridized carbons (Fsp3) is 0.400. The maximum Gasteiger partial charge on any atom is 0.146 e. The minimum absolute atomic E-state index is 0.388. The molecule has 0 saturated carbocycles. The van der Waals surface area contributed by atoms with Gasteiger partial charge in [0.05, 0.1) is 5.56 Å². The molecule has 5 heteroatoms. The molecular formula is C10H13ClN4. The number of nitriles is 1. The van der Waals surface area contributed by atoms with Crippen molar-refractivity contribution < 1.29 is 0 Å². The molecule has 15 heavy (non-hydrogen) atoms. The number of aromatic nitrogens is 1. The quantitative estimate of drug-likeness (QED) is 0.844. The van der Waals surface area contributed by atoms with Crippen molar-refractivity contribution in [2.75, 3.05) is 32.5 Å². The zero-order valence-electron chi connectivity index (χ0n) is 8.79. The molecule has 0 fully saturated rings. The summed E-state index contributed by atoms with van der Waals surface area (Å²) in [6, 6.07) is 3.61. The monoisotopic (exact) mass is 224 g/mol. The van der Waals surface area contributed by atoms with E-state index in [0.717, 1.165) is 13.1 Å². The van der Waals surface area contributed by atoms with E-state index in [4.69, 9.17) is 16.9 Å². The number of nitrogens with one attached hydrogen (secondary N) is 1. The molecule has 0 amide bonds. The Labute approximate surface area is 94.5 Å². The Morgan fingerprint density at radius 2 is 2.33 bits per heavy atom. The molecule has 0 atom stereocenters. The predicted octanol–water partition coefficient (Wildman–Crippen LogP) is 1.58. The third kappa shape index (κ3) is 3.39. The van der Waals surface area contributed by atoms with E-state index >= 15 is 0 Å². The van der Waals surface area contributed by atoms with E-state index in [-0.39, 0.29) is 0 Å². The topological polar surface area (TPSA) is 52.0 Å². The molecule has 1 N–H and O–H groups in total. The second-order valence-electron chi connectivity index (χ2n) is 3.36. The molecule has 1 rings (SSSR count). The maximum atomic E-state index is 8.76. The van der Waals surface area contributed by atoms with E-state index in [1.54, 1.807) is 12.3 Å². The van der Waals surface area contributed by atoms with E-state index in [1.807, 2.05) is 20.2 Å². The van der Waals surface area contributed by atoms with Gasteiger partial charge >= 0.3 is 0 Å². The van der Waals surface area contributed by atoms with Crippen molar-refractivity contribution in [2.24, 2.45) is 0 Å². The maximum absolute atomic E-state index is 8.76. The number of pyridine rings is 1. The fourth-order valence-electron chi connectivity index (χ4n) is 1.05. The van der Waals surface area contributed by atoms with Crippen LogP contribution in [-0.4, -0.2) is 37.1 Å². The lowest BCUT2D eigenvalue weighted by atomic mass is 10.3. The molecule has 80 valence electrons. The van der Waals surface area contributed by atoms with Gasteiger partial charge in [-0.15, -0.1) is 0 Å². The van der Waals surface area contributed by atoms with Crippen LogP contribution in [0.2, 0.25) is 5.02 Å². The highest BCUT2D eigenvalue weighted by Gasteiger charge is 2.05. The van der Waals surface area contributed by atoms with E-state index in [9.17, 15) is 0 Å². The molecule has 0 unspecified atom stereocenters. The zero-order valence-corrected chi connectivity index (χ0v) is 9.54. The zero-order chi connectivity index (χ0) is 11.3. The second-order valence-corrected chi connectivity index (χ2v) is 3.74. The molecule has 0 aromatic carbocycles. The highest BCUT2D eigenvalue weighted by molar-refractivity contribution is 6.34. The summed E-state index contributed by atoms with van der Waals surface area (Å²) in [4.78, 5) is 6.12. The van der Waals surface area contributed by atoms with Crippen LogP contribution in [0.4, 0.5) is 5.82 Å². The summed E-state index contributed by atoms with van der Waals surface area (Å²) >= 11 is 5.96. The van der Waals surface area contributed by atoms with Crippen LogP contribution >= 0.6 is 11.6 Å². The lowest BCUT2D eigenvalue weighted by molar-refractivity contribution is 0.425. The van der Waals surface area contributed by atoms with Gasteiger partial charge < -0.3 is 10.2 Å². The fourth-order valence-corrected chi connectivity index (χ4v) is 1.27. The van der Waals surface area contributed by atoms with Crippen LogP contribution in [0, 0.1) is 11.3 Å². The highest BCUT2D eigenvalue weighted by Crippen LogP contribution is 2.22. The molecule has 0 aliphatic heterocycles. The Morgan fingerprint density at radius 1 is 1.60 bits per heavy atom. The number of hydrogen-bond donors (Lipinski definition) is 1. The van der Waals surface area contributed by atoms with Gasteiger partial charge in [-0.2, -0.15) is 5.26 Å². The molecule has 1 aromatic heterocycles. The van der Waals surface area contributed by atoms with E-state index in [0.29, 0.717) is 16.4 Å². The molecule has 0 bridgehead atoms. The Kier molecular flexibility index (Phi) is 4.35. The van der Waals surface area contributed by atoms with Gasteiger partial charge in [-0.1, -0.05) is 11.6 Å². The van der Waals surface area contributed by atoms with Crippen molar-refractivity contribution in [1.29, 1.82) is 5.26 Å². The molecule has 0 saturated heterocycles. The lowest BCUT2D eigenvalue weighted by Gasteiger charge is -2.11.